The summed E-state index contributed by atoms with van der Waals surface area (Å²) in [6.45, 7) is 1.03. The maximum absolute atomic E-state index is 13.3. The van der Waals surface area contributed by atoms with Crippen LogP contribution in [-0.2, 0) is 17.3 Å². The third-order valence-electron chi connectivity index (χ3n) is 5.54. The molecule has 0 saturated carbocycles. The van der Waals surface area contributed by atoms with Crippen molar-refractivity contribution >= 4 is 46.3 Å². The minimum atomic E-state index is -0.658. The number of aromatic nitrogens is 1. The van der Waals surface area contributed by atoms with Gasteiger partial charge in [0, 0.05) is 30.1 Å². The molecular weight excluding hydrogens is 411 g/mol. The highest BCUT2D eigenvalue weighted by Gasteiger charge is 2.37. The first kappa shape index (κ1) is 20.0. The molecule has 1 unspecified atom stereocenters. The maximum Gasteiger partial charge on any atom is 0.268 e. The molecule has 0 radical (unpaired) electrons. The molecule has 1 saturated heterocycles. The molecule has 4 rings (SSSR count). The average Bonchev–Trinajstić information content (AvgIpc) is 3.09. The lowest BCUT2D eigenvalue weighted by molar-refractivity contribution is 0.0176. The zero-order chi connectivity index (χ0) is 20.6. The monoisotopic (exact) mass is 430 g/mol. The first-order valence-electron chi connectivity index (χ1n) is 9.34. The molecule has 1 atom stereocenters. The summed E-state index contributed by atoms with van der Waals surface area (Å²) in [6.07, 6.45) is 2.37. The second-order valence-corrected chi connectivity index (χ2v) is 8.10. The van der Waals surface area contributed by atoms with E-state index in [0.717, 1.165) is 35.6 Å². The van der Waals surface area contributed by atoms with Crippen LogP contribution in [-0.4, -0.2) is 30.0 Å². The first-order chi connectivity index (χ1) is 13.9. The molecule has 2 heterocycles. The van der Waals surface area contributed by atoms with Gasteiger partial charge in [0.15, 0.2) is 0 Å². The van der Waals surface area contributed by atoms with Gasteiger partial charge in [-0.1, -0.05) is 47.5 Å². The number of halogens is 2. The second-order valence-electron chi connectivity index (χ2n) is 7.31. The molecule has 1 aromatic heterocycles. The number of aldehydes is 1. The van der Waals surface area contributed by atoms with Gasteiger partial charge in [0.05, 0.1) is 22.2 Å². The summed E-state index contributed by atoms with van der Waals surface area (Å²) in [5, 5.41) is 4.80. The zero-order valence-corrected chi connectivity index (χ0v) is 17.4. The Labute approximate surface area is 178 Å². The van der Waals surface area contributed by atoms with Crippen LogP contribution in [0.3, 0.4) is 0 Å². The molecule has 0 spiro atoms. The van der Waals surface area contributed by atoms with Gasteiger partial charge in [-0.05, 0) is 36.6 Å². The lowest BCUT2D eigenvalue weighted by Crippen LogP contribution is -2.51. The van der Waals surface area contributed by atoms with Crippen molar-refractivity contribution in [3.05, 3.63) is 69.3 Å². The number of hydrogen-bond donors (Lipinski definition) is 1. The van der Waals surface area contributed by atoms with Gasteiger partial charge in [-0.25, -0.2) is 0 Å². The summed E-state index contributed by atoms with van der Waals surface area (Å²) in [4.78, 5) is 24.3. The molecular formula is C22H20Cl2N2O3. The van der Waals surface area contributed by atoms with Gasteiger partial charge in [0.25, 0.3) is 5.91 Å². The summed E-state index contributed by atoms with van der Waals surface area (Å²) in [6, 6.07) is 12.6. The SMILES string of the molecule is Cn1c(C(=O)NC2(c3ccc(C=O)cc3)CCCOC2)cc2c(Cl)c(Cl)ccc21. The van der Waals surface area contributed by atoms with Crippen LogP contribution in [0.4, 0.5) is 0 Å². The number of rotatable bonds is 4. The normalized spacial score (nSPS) is 19.3. The van der Waals surface area contributed by atoms with E-state index in [9.17, 15) is 9.59 Å². The van der Waals surface area contributed by atoms with Crippen LogP contribution >= 0.6 is 23.2 Å². The van der Waals surface area contributed by atoms with E-state index in [0.29, 0.717) is 34.5 Å². The minimum Gasteiger partial charge on any atom is -0.379 e. The highest BCUT2D eigenvalue weighted by molar-refractivity contribution is 6.45. The number of amides is 1. The Kier molecular flexibility index (Phi) is 5.38. The fraction of sp³-hybridized carbons (Fsp3) is 0.273. The van der Waals surface area contributed by atoms with E-state index in [1.54, 1.807) is 28.8 Å². The van der Waals surface area contributed by atoms with Crippen molar-refractivity contribution in [1.82, 2.24) is 9.88 Å². The standard InChI is InChI=1S/C22H20Cl2N2O3/c1-26-18-8-7-17(23)20(24)16(18)11-19(26)21(28)25-22(9-2-10-29-13-22)15-5-3-14(12-27)4-6-15/h3-8,11-12H,2,9-10,13H2,1H3,(H,25,28). The molecule has 29 heavy (non-hydrogen) atoms. The number of fused-ring (bicyclic) bond motifs is 1. The predicted octanol–water partition coefficient (Wildman–Crippen LogP) is 4.73. The van der Waals surface area contributed by atoms with Crippen LogP contribution in [0.15, 0.2) is 42.5 Å². The van der Waals surface area contributed by atoms with E-state index in [2.05, 4.69) is 5.32 Å². The van der Waals surface area contributed by atoms with Gasteiger partial charge >= 0.3 is 0 Å². The maximum atomic E-state index is 13.3. The third kappa shape index (κ3) is 3.54. The smallest absolute Gasteiger partial charge is 0.268 e. The molecule has 2 aromatic carbocycles. The van der Waals surface area contributed by atoms with Crippen LogP contribution in [0.25, 0.3) is 10.9 Å². The molecule has 3 aromatic rings. The molecule has 5 nitrogen and oxygen atoms in total. The summed E-state index contributed by atoms with van der Waals surface area (Å²) < 4.78 is 7.53. The molecule has 1 fully saturated rings. The quantitative estimate of drug-likeness (QED) is 0.608. The minimum absolute atomic E-state index is 0.221. The topological polar surface area (TPSA) is 60.3 Å². The summed E-state index contributed by atoms with van der Waals surface area (Å²) in [5.74, 6) is -0.221. The van der Waals surface area contributed by atoms with Crippen LogP contribution in [0, 0.1) is 0 Å². The van der Waals surface area contributed by atoms with E-state index in [1.807, 2.05) is 25.2 Å². The zero-order valence-electron chi connectivity index (χ0n) is 15.9. The second kappa shape index (κ2) is 7.82. The van der Waals surface area contributed by atoms with Gasteiger partial charge in [0.2, 0.25) is 0 Å². The number of hydrogen-bond acceptors (Lipinski definition) is 3. The number of benzene rings is 2. The van der Waals surface area contributed by atoms with Gasteiger partial charge in [-0.15, -0.1) is 0 Å². The summed E-state index contributed by atoms with van der Waals surface area (Å²) >= 11 is 12.5. The van der Waals surface area contributed by atoms with Crippen LogP contribution in [0.1, 0.15) is 39.3 Å². The van der Waals surface area contributed by atoms with Crippen LogP contribution < -0.4 is 5.32 Å². The Balaban J connectivity index is 1.72. The van der Waals surface area contributed by atoms with E-state index in [4.69, 9.17) is 27.9 Å². The number of ether oxygens (including phenoxy) is 1. The van der Waals surface area contributed by atoms with Crippen molar-refractivity contribution in [3.8, 4) is 0 Å². The van der Waals surface area contributed by atoms with E-state index in [-0.39, 0.29) is 5.91 Å². The Morgan fingerprint density at radius 1 is 1.21 bits per heavy atom. The van der Waals surface area contributed by atoms with E-state index in [1.165, 1.54) is 0 Å². The predicted molar refractivity (Wildman–Crippen MR) is 114 cm³/mol. The van der Waals surface area contributed by atoms with Crippen molar-refractivity contribution in [1.29, 1.82) is 0 Å². The van der Waals surface area contributed by atoms with Gasteiger partial charge in [0.1, 0.15) is 12.0 Å². The lowest BCUT2D eigenvalue weighted by Gasteiger charge is -2.38. The van der Waals surface area contributed by atoms with Gasteiger partial charge in [-0.2, -0.15) is 0 Å². The summed E-state index contributed by atoms with van der Waals surface area (Å²) in [5.41, 5.74) is 2.16. The van der Waals surface area contributed by atoms with Crippen molar-refractivity contribution in [2.24, 2.45) is 7.05 Å². The van der Waals surface area contributed by atoms with Crippen molar-refractivity contribution in [2.45, 2.75) is 18.4 Å². The Morgan fingerprint density at radius 3 is 2.62 bits per heavy atom. The first-order valence-corrected chi connectivity index (χ1v) is 10.1. The molecule has 1 aliphatic heterocycles. The molecule has 1 amide bonds. The Bertz CT molecular complexity index is 1080. The molecule has 7 heteroatoms. The molecule has 1 N–H and O–H groups in total. The lowest BCUT2D eigenvalue weighted by atomic mass is 9.84. The Morgan fingerprint density at radius 2 is 1.97 bits per heavy atom. The van der Waals surface area contributed by atoms with Crippen LogP contribution in [0.2, 0.25) is 10.0 Å². The fourth-order valence-corrected chi connectivity index (χ4v) is 4.30. The average molecular weight is 431 g/mol. The number of aryl methyl sites for hydroxylation is 1. The van der Waals surface area contributed by atoms with Gasteiger partial charge < -0.3 is 14.6 Å². The highest BCUT2D eigenvalue weighted by atomic mass is 35.5. The number of carbonyl (C=O) groups is 2. The molecule has 0 aliphatic carbocycles. The fourth-order valence-electron chi connectivity index (χ4n) is 3.92. The molecule has 0 bridgehead atoms. The summed E-state index contributed by atoms with van der Waals surface area (Å²) in [7, 11) is 1.82. The number of nitrogens with zero attached hydrogens (tertiary/aromatic N) is 1. The number of nitrogens with one attached hydrogen (secondary N) is 1. The number of carbonyl (C=O) groups excluding carboxylic acids is 2. The van der Waals surface area contributed by atoms with Crippen molar-refractivity contribution in [2.75, 3.05) is 13.2 Å². The highest BCUT2D eigenvalue weighted by Crippen LogP contribution is 2.34. The van der Waals surface area contributed by atoms with Crippen molar-refractivity contribution < 1.29 is 14.3 Å². The van der Waals surface area contributed by atoms with E-state index >= 15 is 0 Å². The Hall–Kier alpha value is -2.34. The molecule has 1 aliphatic rings. The van der Waals surface area contributed by atoms with Gasteiger partial charge in [-0.3, -0.25) is 9.59 Å². The van der Waals surface area contributed by atoms with E-state index < -0.39 is 5.54 Å². The third-order valence-corrected chi connectivity index (χ3v) is 6.36. The largest absolute Gasteiger partial charge is 0.379 e. The van der Waals surface area contributed by atoms with Crippen LogP contribution in [0.5, 0.6) is 0 Å². The van der Waals surface area contributed by atoms with Crippen molar-refractivity contribution in [3.63, 3.8) is 0 Å². The molecule has 150 valence electrons.